The number of benzene rings is 1. The van der Waals surface area contributed by atoms with Crippen molar-refractivity contribution in [3.05, 3.63) is 30.0 Å². The number of carbonyl (C=O) groups is 3. The van der Waals surface area contributed by atoms with Gasteiger partial charge in [-0.25, -0.2) is 9.59 Å². The number of hydrogen-bond acceptors (Lipinski definition) is 7. The van der Waals surface area contributed by atoms with Crippen LogP contribution in [0.5, 0.6) is 5.75 Å². The van der Waals surface area contributed by atoms with Gasteiger partial charge in [-0.05, 0) is 43.1 Å². The number of carboxylic acids is 2. The summed E-state index contributed by atoms with van der Waals surface area (Å²) >= 11 is 0. The van der Waals surface area contributed by atoms with Crippen LogP contribution in [0.25, 0.3) is 10.9 Å². The Kier molecular flexibility index (Phi) is 10.3. The van der Waals surface area contributed by atoms with E-state index in [2.05, 4.69) is 10.3 Å². The number of ether oxygens (including phenoxy) is 1. The summed E-state index contributed by atoms with van der Waals surface area (Å²) in [7, 11) is 1.66. The predicted molar refractivity (Wildman–Crippen MR) is 107 cm³/mol. The van der Waals surface area contributed by atoms with Crippen molar-refractivity contribution >= 4 is 28.7 Å². The molecule has 0 bridgehead atoms. The Morgan fingerprint density at radius 3 is 2.33 bits per heavy atom. The lowest BCUT2D eigenvalue weighted by molar-refractivity contribution is -0.165. The number of carboxylic acid groups (broad SMARTS) is 2. The fraction of sp³-hybridized carbons (Fsp3) is 0.421. The van der Waals surface area contributed by atoms with E-state index in [0.717, 1.165) is 29.5 Å². The number of nitrogens with two attached hydrogens (primary N) is 1. The maximum Gasteiger partial charge on any atom is 0.335 e. The lowest BCUT2D eigenvalue weighted by Crippen LogP contribution is -2.39. The van der Waals surface area contributed by atoms with Crippen LogP contribution >= 0.6 is 0 Å². The summed E-state index contributed by atoms with van der Waals surface area (Å²) in [6.07, 6.45) is -0.526. The van der Waals surface area contributed by atoms with Crippen LogP contribution in [0.15, 0.2) is 24.4 Å². The lowest BCUT2D eigenvalue weighted by Gasteiger charge is -2.07. The molecule has 11 heteroatoms. The summed E-state index contributed by atoms with van der Waals surface area (Å²) in [5, 5.41) is 36.6. The number of fused-ring (bicyclic) bond motifs is 1. The average molecular weight is 425 g/mol. The van der Waals surface area contributed by atoms with Crippen molar-refractivity contribution in [2.75, 3.05) is 20.2 Å². The molecule has 0 aliphatic rings. The summed E-state index contributed by atoms with van der Waals surface area (Å²) in [6.45, 7) is 1.18. The number of methoxy groups -OCH3 is 1. The molecule has 166 valence electrons. The highest BCUT2D eigenvalue weighted by Crippen LogP contribution is 2.23. The van der Waals surface area contributed by atoms with Crippen LogP contribution < -0.4 is 15.8 Å². The maximum atomic E-state index is 11.5. The van der Waals surface area contributed by atoms with Gasteiger partial charge in [0.15, 0.2) is 12.2 Å². The molecule has 30 heavy (non-hydrogen) atoms. The topological polar surface area (TPSA) is 195 Å². The molecule has 0 aliphatic carbocycles. The van der Waals surface area contributed by atoms with Crippen LogP contribution in [0.2, 0.25) is 0 Å². The quantitative estimate of drug-likeness (QED) is 0.261. The van der Waals surface area contributed by atoms with Crippen molar-refractivity contribution in [3.63, 3.8) is 0 Å². The van der Waals surface area contributed by atoms with Crippen molar-refractivity contribution in [3.8, 4) is 5.75 Å². The van der Waals surface area contributed by atoms with Gasteiger partial charge < -0.3 is 41.2 Å². The highest BCUT2D eigenvalue weighted by Gasteiger charge is 2.29. The monoisotopic (exact) mass is 425 g/mol. The summed E-state index contributed by atoms with van der Waals surface area (Å²) in [4.78, 5) is 34.3. The highest BCUT2D eigenvalue weighted by molar-refractivity contribution is 5.85. The average Bonchev–Trinajstić information content (AvgIpc) is 3.13. The highest BCUT2D eigenvalue weighted by atomic mass is 16.5. The SMILES string of the molecule is COc1ccc2[nH]cc(CCNC(=O)CCCN)c2c1.O=C(O)[C@H](O)[C@@H](O)C(=O)O. The minimum Gasteiger partial charge on any atom is -0.497 e. The van der Waals surface area contributed by atoms with E-state index in [4.69, 9.17) is 30.9 Å². The molecule has 0 aliphatic heterocycles. The molecule has 1 aromatic heterocycles. The van der Waals surface area contributed by atoms with Crippen LogP contribution in [0, 0.1) is 0 Å². The van der Waals surface area contributed by atoms with Crippen LogP contribution in [0.1, 0.15) is 18.4 Å². The minimum absolute atomic E-state index is 0.0628. The van der Waals surface area contributed by atoms with Gasteiger partial charge in [0.1, 0.15) is 5.75 Å². The molecular weight excluding hydrogens is 398 g/mol. The molecule has 0 radical (unpaired) electrons. The predicted octanol–water partition coefficient (Wildman–Crippen LogP) is -0.548. The number of carbonyl (C=O) groups excluding carboxylic acids is 1. The third kappa shape index (κ3) is 7.70. The second-order valence-electron chi connectivity index (χ2n) is 6.28. The largest absolute Gasteiger partial charge is 0.497 e. The molecule has 1 amide bonds. The molecule has 0 saturated heterocycles. The molecule has 11 nitrogen and oxygen atoms in total. The molecule has 0 saturated carbocycles. The van der Waals surface area contributed by atoms with Crippen LogP contribution in [-0.2, 0) is 20.8 Å². The number of aromatic amines is 1. The van der Waals surface area contributed by atoms with Crippen molar-refractivity contribution in [1.29, 1.82) is 0 Å². The van der Waals surface area contributed by atoms with E-state index in [1.54, 1.807) is 7.11 Å². The van der Waals surface area contributed by atoms with Gasteiger partial charge in [-0.15, -0.1) is 0 Å². The summed E-state index contributed by atoms with van der Waals surface area (Å²) in [5.74, 6) is -2.64. The molecule has 1 aromatic carbocycles. The molecule has 8 N–H and O–H groups in total. The third-order valence-electron chi connectivity index (χ3n) is 4.10. The van der Waals surface area contributed by atoms with Gasteiger partial charge in [-0.3, -0.25) is 4.79 Å². The fourth-order valence-electron chi connectivity index (χ4n) is 2.45. The zero-order chi connectivity index (χ0) is 22.7. The number of aliphatic hydroxyl groups is 2. The van der Waals surface area contributed by atoms with Crippen molar-refractivity contribution in [2.24, 2.45) is 5.73 Å². The summed E-state index contributed by atoms with van der Waals surface area (Å²) in [6, 6.07) is 5.94. The van der Waals surface area contributed by atoms with E-state index in [9.17, 15) is 14.4 Å². The summed E-state index contributed by atoms with van der Waals surface area (Å²) in [5.41, 5.74) is 7.63. The van der Waals surface area contributed by atoms with E-state index in [0.29, 0.717) is 19.5 Å². The Bertz CT molecular complexity index is 833. The number of rotatable bonds is 10. The molecule has 0 unspecified atom stereocenters. The maximum absolute atomic E-state index is 11.5. The number of H-pyrrole nitrogens is 1. The summed E-state index contributed by atoms with van der Waals surface area (Å²) < 4.78 is 5.24. The van der Waals surface area contributed by atoms with Gasteiger partial charge in [-0.1, -0.05) is 0 Å². The first-order valence-corrected chi connectivity index (χ1v) is 9.13. The first-order chi connectivity index (χ1) is 14.2. The Morgan fingerprint density at radius 2 is 1.80 bits per heavy atom. The van der Waals surface area contributed by atoms with E-state index in [1.165, 1.54) is 5.56 Å². The van der Waals surface area contributed by atoms with Gasteiger partial charge in [0.2, 0.25) is 5.91 Å². The molecule has 2 rings (SSSR count). The molecule has 2 atom stereocenters. The number of nitrogens with one attached hydrogen (secondary N) is 2. The smallest absolute Gasteiger partial charge is 0.335 e. The fourth-order valence-corrected chi connectivity index (χ4v) is 2.45. The Hall–Kier alpha value is -3.15. The van der Waals surface area contributed by atoms with Gasteiger partial charge in [0.05, 0.1) is 7.11 Å². The number of aliphatic hydroxyl groups excluding tert-OH is 2. The van der Waals surface area contributed by atoms with Crippen LogP contribution in [-0.4, -0.2) is 75.7 Å². The first-order valence-electron chi connectivity index (χ1n) is 9.13. The van der Waals surface area contributed by atoms with Gasteiger partial charge in [-0.2, -0.15) is 0 Å². The van der Waals surface area contributed by atoms with Gasteiger partial charge >= 0.3 is 11.9 Å². The number of hydrogen-bond donors (Lipinski definition) is 7. The van der Waals surface area contributed by atoms with Crippen molar-refractivity contribution in [2.45, 2.75) is 31.5 Å². The van der Waals surface area contributed by atoms with Crippen molar-refractivity contribution in [1.82, 2.24) is 10.3 Å². The minimum atomic E-state index is -2.27. The van der Waals surface area contributed by atoms with Gasteiger partial charge in [0, 0.05) is 30.1 Å². The first kappa shape index (κ1) is 24.9. The zero-order valence-electron chi connectivity index (χ0n) is 16.5. The molecule has 1 heterocycles. The number of aromatic nitrogens is 1. The third-order valence-corrected chi connectivity index (χ3v) is 4.10. The number of aliphatic carboxylic acids is 2. The lowest BCUT2D eigenvalue weighted by atomic mass is 10.1. The molecule has 0 fully saturated rings. The Balaban J connectivity index is 0.000000382. The Morgan fingerprint density at radius 1 is 1.17 bits per heavy atom. The molecular formula is C19H27N3O8. The molecule has 2 aromatic rings. The van der Waals surface area contributed by atoms with E-state index in [1.807, 2.05) is 24.4 Å². The standard InChI is InChI=1S/C15H21N3O2.C4H6O6/c1-20-12-4-5-14-13(9-12)11(10-18-14)6-8-17-15(19)3-2-7-16;5-1(3(7)8)2(6)4(9)10/h4-5,9-10,18H,2-3,6-8,16H2,1H3,(H,17,19);1-2,5-6H,(H,7,8)(H,9,10)/t;1-,2-/m.1/s1. The van der Waals surface area contributed by atoms with Crippen molar-refractivity contribution < 1.29 is 39.5 Å². The number of amides is 1. The van der Waals surface area contributed by atoms with E-state index >= 15 is 0 Å². The van der Waals surface area contributed by atoms with Crippen LogP contribution in [0.4, 0.5) is 0 Å². The van der Waals surface area contributed by atoms with E-state index in [-0.39, 0.29) is 5.91 Å². The van der Waals surface area contributed by atoms with E-state index < -0.39 is 24.1 Å². The molecule has 0 spiro atoms. The second kappa shape index (κ2) is 12.4. The zero-order valence-corrected chi connectivity index (χ0v) is 16.5. The second-order valence-corrected chi connectivity index (χ2v) is 6.28. The van der Waals surface area contributed by atoms with Crippen LogP contribution in [0.3, 0.4) is 0 Å². The van der Waals surface area contributed by atoms with Gasteiger partial charge in [0.25, 0.3) is 0 Å². The normalized spacial score (nSPS) is 12.4. The Labute approximate surface area is 172 Å².